The molecule has 0 radical (unpaired) electrons. The molecule has 0 spiro atoms. The third-order valence-electron chi connectivity index (χ3n) is 8.63. The minimum Gasteiger partial charge on any atom is -0.355 e. The van der Waals surface area contributed by atoms with Crippen LogP contribution in [0.25, 0.3) is 51.5 Å². The Morgan fingerprint density at radius 3 is 1.76 bits per heavy atom. The lowest BCUT2D eigenvalue weighted by atomic mass is 10.0. The van der Waals surface area contributed by atoms with Crippen LogP contribution in [0.15, 0.2) is 164 Å². The number of para-hydroxylation sites is 2. The second-order valence-corrected chi connectivity index (χ2v) is 13.7. The van der Waals surface area contributed by atoms with Gasteiger partial charge in [-0.1, -0.05) is 78.9 Å². The molecule has 2 heterocycles. The van der Waals surface area contributed by atoms with E-state index in [9.17, 15) is 0 Å². The molecular formula is C42H28N2S2. The molecule has 0 unspecified atom stereocenters. The highest BCUT2D eigenvalue weighted by Crippen LogP contribution is 2.42. The fourth-order valence-corrected chi connectivity index (χ4v) is 8.62. The van der Waals surface area contributed by atoms with E-state index >= 15 is 0 Å². The summed E-state index contributed by atoms with van der Waals surface area (Å²) in [6.07, 6.45) is 0. The lowest BCUT2D eigenvalue weighted by Crippen LogP contribution is -2.09. The van der Waals surface area contributed by atoms with Gasteiger partial charge in [-0.2, -0.15) is 0 Å². The van der Waals surface area contributed by atoms with E-state index in [4.69, 9.17) is 0 Å². The van der Waals surface area contributed by atoms with Crippen molar-refractivity contribution in [3.63, 3.8) is 0 Å². The van der Waals surface area contributed by atoms with Gasteiger partial charge in [0, 0.05) is 68.8 Å². The van der Waals surface area contributed by atoms with Gasteiger partial charge in [0.1, 0.15) is 0 Å². The van der Waals surface area contributed by atoms with Crippen molar-refractivity contribution < 1.29 is 0 Å². The van der Waals surface area contributed by atoms with Gasteiger partial charge in [0.25, 0.3) is 0 Å². The molecule has 0 aliphatic heterocycles. The first-order valence-corrected chi connectivity index (χ1v) is 17.1. The third-order valence-corrected chi connectivity index (χ3v) is 10.9. The highest BCUT2D eigenvalue weighted by Gasteiger charge is 2.15. The third kappa shape index (κ3) is 4.80. The van der Waals surface area contributed by atoms with Crippen LogP contribution in [-0.4, -0.2) is 0 Å². The Bertz CT molecular complexity index is 2490. The molecule has 0 atom stereocenters. The first-order valence-electron chi connectivity index (χ1n) is 15.4. The van der Waals surface area contributed by atoms with Gasteiger partial charge in [0.05, 0.1) is 0 Å². The molecule has 2 aromatic heterocycles. The summed E-state index contributed by atoms with van der Waals surface area (Å²) in [6, 6.07) is 59.1. The first-order chi connectivity index (χ1) is 22.8. The number of thiophene rings is 2. The van der Waals surface area contributed by atoms with Crippen LogP contribution in [-0.2, 0) is 0 Å². The summed E-state index contributed by atoms with van der Waals surface area (Å²) in [5, 5.41) is 8.74. The van der Waals surface area contributed by atoms with E-state index in [0.717, 1.165) is 28.4 Å². The molecule has 0 fully saturated rings. The Balaban J connectivity index is 1.07. The van der Waals surface area contributed by atoms with Crippen LogP contribution in [0.1, 0.15) is 0 Å². The van der Waals surface area contributed by atoms with Crippen LogP contribution in [0, 0.1) is 0 Å². The molecule has 2 nitrogen and oxygen atoms in total. The summed E-state index contributed by atoms with van der Waals surface area (Å²) in [4.78, 5) is 2.35. The highest BCUT2D eigenvalue weighted by atomic mass is 32.1. The second-order valence-electron chi connectivity index (χ2n) is 11.5. The quantitative estimate of drug-likeness (QED) is 0.198. The number of nitrogens with zero attached hydrogens (tertiary/aromatic N) is 1. The van der Waals surface area contributed by atoms with Crippen molar-refractivity contribution in [3.05, 3.63) is 164 Å². The number of hydrogen-bond acceptors (Lipinski definition) is 4. The number of nitrogens with one attached hydrogen (secondary N) is 1. The number of rotatable bonds is 6. The Kier molecular flexibility index (Phi) is 6.55. The minimum atomic E-state index is 1.10. The van der Waals surface area contributed by atoms with Gasteiger partial charge >= 0.3 is 0 Å². The normalized spacial score (nSPS) is 11.5. The smallest absolute Gasteiger partial charge is 0.0468 e. The van der Waals surface area contributed by atoms with Crippen LogP contribution in [0.4, 0.5) is 28.4 Å². The van der Waals surface area contributed by atoms with Crippen LogP contribution in [0.3, 0.4) is 0 Å². The number of benzene rings is 7. The van der Waals surface area contributed by atoms with E-state index in [0.29, 0.717) is 0 Å². The summed E-state index contributed by atoms with van der Waals surface area (Å²) in [7, 11) is 0. The summed E-state index contributed by atoms with van der Waals surface area (Å²) in [5.41, 5.74) is 8.07. The molecule has 0 saturated carbocycles. The average molecular weight is 625 g/mol. The van der Waals surface area contributed by atoms with Gasteiger partial charge in [0.15, 0.2) is 0 Å². The molecule has 4 heteroatoms. The summed E-state index contributed by atoms with van der Waals surface area (Å²) < 4.78 is 5.23. The molecule has 0 amide bonds. The van der Waals surface area contributed by atoms with Crippen LogP contribution in [0.5, 0.6) is 0 Å². The zero-order valence-corrected chi connectivity index (χ0v) is 26.5. The molecule has 9 aromatic rings. The minimum absolute atomic E-state index is 1.10. The zero-order valence-electron chi connectivity index (χ0n) is 24.9. The van der Waals surface area contributed by atoms with Crippen molar-refractivity contribution in [1.82, 2.24) is 0 Å². The molecule has 9 rings (SSSR count). The van der Waals surface area contributed by atoms with Crippen LogP contribution in [0.2, 0.25) is 0 Å². The lowest BCUT2D eigenvalue weighted by Gasteiger charge is -2.26. The van der Waals surface area contributed by atoms with Crippen LogP contribution >= 0.6 is 22.7 Å². The van der Waals surface area contributed by atoms with Crippen molar-refractivity contribution in [1.29, 1.82) is 0 Å². The van der Waals surface area contributed by atoms with Gasteiger partial charge in [-0.05, 0) is 96.1 Å². The van der Waals surface area contributed by atoms with Crippen molar-refractivity contribution in [2.75, 3.05) is 10.2 Å². The monoisotopic (exact) mass is 624 g/mol. The van der Waals surface area contributed by atoms with E-state index in [1.165, 1.54) is 51.5 Å². The topological polar surface area (TPSA) is 15.3 Å². The average Bonchev–Trinajstić information content (AvgIpc) is 3.67. The number of fused-ring (bicyclic) bond motifs is 6. The van der Waals surface area contributed by atoms with Crippen molar-refractivity contribution in [2.45, 2.75) is 0 Å². The van der Waals surface area contributed by atoms with E-state index in [1.807, 2.05) is 28.7 Å². The van der Waals surface area contributed by atoms with Gasteiger partial charge in [-0.3, -0.25) is 0 Å². The van der Waals surface area contributed by atoms with Gasteiger partial charge < -0.3 is 10.2 Å². The summed E-state index contributed by atoms with van der Waals surface area (Å²) in [5.74, 6) is 0. The molecule has 0 aliphatic rings. The number of hydrogen-bond donors (Lipinski definition) is 1. The molecule has 7 aromatic carbocycles. The van der Waals surface area contributed by atoms with Gasteiger partial charge in [-0.25, -0.2) is 0 Å². The molecule has 46 heavy (non-hydrogen) atoms. The van der Waals surface area contributed by atoms with E-state index < -0.39 is 0 Å². The lowest BCUT2D eigenvalue weighted by molar-refractivity contribution is 1.29. The molecule has 0 bridgehead atoms. The van der Waals surface area contributed by atoms with E-state index in [1.54, 1.807) is 0 Å². The molecule has 1 N–H and O–H groups in total. The first kappa shape index (κ1) is 26.9. The predicted molar refractivity (Wildman–Crippen MR) is 202 cm³/mol. The Morgan fingerprint density at radius 1 is 0.348 bits per heavy atom. The predicted octanol–water partition coefficient (Wildman–Crippen LogP) is 13.3. The molecule has 0 saturated heterocycles. The Labute approximate surface area is 275 Å². The maximum Gasteiger partial charge on any atom is 0.0468 e. The maximum absolute atomic E-state index is 3.53. The van der Waals surface area contributed by atoms with Gasteiger partial charge in [0.2, 0.25) is 0 Å². The Hall–Kier alpha value is -5.42. The van der Waals surface area contributed by atoms with Crippen molar-refractivity contribution in [3.8, 4) is 11.1 Å². The maximum atomic E-state index is 3.53. The summed E-state index contributed by atoms with van der Waals surface area (Å²) >= 11 is 3.70. The summed E-state index contributed by atoms with van der Waals surface area (Å²) in [6.45, 7) is 0. The second kappa shape index (κ2) is 11.2. The van der Waals surface area contributed by atoms with Crippen molar-refractivity contribution in [2.24, 2.45) is 0 Å². The highest BCUT2D eigenvalue weighted by molar-refractivity contribution is 7.26. The van der Waals surface area contributed by atoms with E-state index in [2.05, 4.69) is 168 Å². The zero-order chi connectivity index (χ0) is 30.5. The Morgan fingerprint density at radius 2 is 0.935 bits per heavy atom. The fraction of sp³-hybridized carbons (Fsp3) is 0. The molecule has 0 aliphatic carbocycles. The SMILES string of the molecule is c1ccc(Nc2ccc3c(c2)sc2ccc(-c4ccc(N(c5ccccc5)c5ccc6sc7ccccc7c6c5)cc4)cc23)cc1. The number of anilines is 5. The molecule has 218 valence electrons. The fourth-order valence-electron chi connectivity index (χ4n) is 6.40. The van der Waals surface area contributed by atoms with Gasteiger partial charge in [-0.15, -0.1) is 22.7 Å². The largest absolute Gasteiger partial charge is 0.355 e. The molecular weight excluding hydrogens is 597 g/mol. The van der Waals surface area contributed by atoms with E-state index in [-0.39, 0.29) is 0 Å². The van der Waals surface area contributed by atoms with Crippen LogP contribution < -0.4 is 10.2 Å². The standard InChI is InChI=1S/C42H28N2S2/c1-3-9-30(10-4-1)43-31-18-22-36-37-25-29(17-23-40(37)46-42(36)26-31)28-15-19-33(20-16-28)44(32-11-5-2-6-12-32)34-21-24-41-38(27-34)35-13-7-8-14-39(35)45-41/h1-27,43H. The van der Waals surface area contributed by atoms with Crippen molar-refractivity contribution >= 4 is 91.5 Å².